The summed E-state index contributed by atoms with van der Waals surface area (Å²) in [5.41, 5.74) is 1.96. The minimum Gasteiger partial charge on any atom is -0.432 e. The molecule has 1 aromatic carbocycles. The highest BCUT2D eigenvalue weighted by Crippen LogP contribution is 2.47. The van der Waals surface area contributed by atoms with E-state index in [1.54, 1.807) is 0 Å². The van der Waals surface area contributed by atoms with Gasteiger partial charge in [-0.2, -0.15) is 5.06 Å². The number of hydrogen-bond acceptors (Lipinski definition) is 5. The number of hydroxylamine groups is 2. The summed E-state index contributed by atoms with van der Waals surface area (Å²) < 4.78 is 10.7. The first kappa shape index (κ1) is 26.4. The lowest BCUT2D eigenvalue weighted by Gasteiger charge is -2.57. The van der Waals surface area contributed by atoms with Gasteiger partial charge >= 0.3 is 6.16 Å². The van der Waals surface area contributed by atoms with Gasteiger partial charge in [-0.1, -0.05) is 64.6 Å². The Balaban J connectivity index is 2.40. The maximum Gasteiger partial charge on any atom is 0.508 e. The molecule has 2 rings (SSSR count). The van der Waals surface area contributed by atoms with E-state index in [-0.39, 0.29) is 23.8 Å². The molecule has 0 spiro atoms. The average Bonchev–Trinajstić information content (AvgIpc) is 2.81. The molecule has 0 aromatic heterocycles. The van der Waals surface area contributed by atoms with Gasteiger partial charge in [-0.15, -0.1) is 0 Å². The van der Waals surface area contributed by atoms with E-state index in [1.807, 2.05) is 44.2 Å². The van der Waals surface area contributed by atoms with Crippen molar-refractivity contribution in [3.05, 3.63) is 42.0 Å². The van der Waals surface area contributed by atoms with Gasteiger partial charge in [0.1, 0.15) is 12.7 Å². The maximum atomic E-state index is 12.1. The summed E-state index contributed by atoms with van der Waals surface area (Å²) in [5, 5.41) is 2.31. The Morgan fingerprint density at radius 2 is 1.56 bits per heavy atom. The molecule has 1 saturated heterocycles. The fraction of sp³-hybridized carbons (Fsp3) is 0.667. The third-order valence-corrected chi connectivity index (χ3v) is 7.24. The Hall–Kier alpha value is -1.85. The van der Waals surface area contributed by atoms with E-state index >= 15 is 0 Å². The molecule has 0 bridgehead atoms. The van der Waals surface area contributed by atoms with Crippen LogP contribution in [-0.2, 0) is 14.3 Å². The Bertz CT molecular complexity index is 700. The van der Waals surface area contributed by atoms with Crippen LogP contribution >= 0.6 is 0 Å². The summed E-state index contributed by atoms with van der Waals surface area (Å²) in [5.74, 6) is 0. The topological polar surface area (TPSA) is 48.0 Å². The van der Waals surface area contributed by atoms with Crippen molar-refractivity contribution in [1.82, 2.24) is 5.06 Å². The van der Waals surface area contributed by atoms with Crippen molar-refractivity contribution in [3.63, 3.8) is 0 Å². The number of carbonyl (C=O) groups excluding carboxylic acids is 1. The molecule has 0 aliphatic carbocycles. The quantitative estimate of drug-likeness (QED) is 0.331. The van der Waals surface area contributed by atoms with Crippen LogP contribution in [0.1, 0.15) is 104 Å². The fourth-order valence-electron chi connectivity index (χ4n) is 4.99. The molecule has 5 heteroatoms. The van der Waals surface area contributed by atoms with E-state index < -0.39 is 12.3 Å². The fourth-order valence-corrected chi connectivity index (χ4v) is 4.99. The molecule has 1 atom stereocenters. The number of hydrogen-bond donors (Lipinski definition) is 0. The van der Waals surface area contributed by atoms with Crippen LogP contribution in [0.25, 0.3) is 6.08 Å². The van der Waals surface area contributed by atoms with Crippen molar-refractivity contribution in [2.75, 3.05) is 6.61 Å². The summed E-state index contributed by atoms with van der Waals surface area (Å²) in [6.45, 7) is 16.6. The molecule has 32 heavy (non-hydrogen) atoms. The number of benzene rings is 1. The molecule has 1 heterocycles. The number of piperidine rings is 1. The van der Waals surface area contributed by atoms with E-state index in [1.165, 1.54) is 6.42 Å². The number of ether oxygens (including phenoxy) is 2. The van der Waals surface area contributed by atoms with Gasteiger partial charge in [0.05, 0.1) is 6.10 Å². The van der Waals surface area contributed by atoms with Crippen LogP contribution in [-0.4, -0.2) is 35.0 Å². The predicted octanol–water partition coefficient (Wildman–Crippen LogP) is 7.47. The summed E-state index contributed by atoms with van der Waals surface area (Å²) in [7, 11) is 0. The zero-order chi connectivity index (χ0) is 23.8. The summed E-state index contributed by atoms with van der Waals surface area (Å²) >= 11 is 0. The first-order chi connectivity index (χ1) is 15.3. The highest BCUT2D eigenvalue weighted by atomic mass is 16.7. The van der Waals surface area contributed by atoms with Gasteiger partial charge in [0.2, 0.25) is 0 Å². The number of rotatable bonds is 11. The molecule has 1 aliphatic heterocycles. The van der Waals surface area contributed by atoms with Crippen LogP contribution in [0.2, 0.25) is 0 Å². The van der Waals surface area contributed by atoms with Crippen molar-refractivity contribution in [3.8, 4) is 0 Å². The Morgan fingerprint density at radius 3 is 2.00 bits per heavy atom. The van der Waals surface area contributed by atoms with Crippen LogP contribution in [0, 0.1) is 0 Å². The van der Waals surface area contributed by atoms with Gasteiger partial charge in [-0.3, -0.25) is 4.84 Å². The lowest BCUT2D eigenvalue weighted by molar-refractivity contribution is -0.329. The van der Waals surface area contributed by atoms with Crippen LogP contribution in [0.5, 0.6) is 0 Å². The van der Waals surface area contributed by atoms with Gasteiger partial charge in [0, 0.05) is 11.1 Å². The Kier molecular flexibility index (Phi) is 9.78. The van der Waals surface area contributed by atoms with Gasteiger partial charge in [-0.05, 0) is 69.9 Å². The smallest absolute Gasteiger partial charge is 0.432 e. The summed E-state index contributed by atoms with van der Waals surface area (Å²) in [6.07, 6.45) is 8.02. The van der Waals surface area contributed by atoms with Gasteiger partial charge in [0.25, 0.3) is 0 Å². The minimum absolute atomic E-state index is 0.0258. The van der Waals surface area contributed by atoms with Crippen molar-refractivity contribution in [1.29, 1.82) is 0 Å². The molecule has 1 aromatic rings. The first-order valence-corrected chi connectivity index (χ1v) is 12.3. The zero-order valence-corrected chi connectivity index (χ0v) is 21.0. The van der Waals surface area contributed by atoms with Crippen LogP contribution in [0.4, 0.5) is 4.79 Å². The monoisotopic (exact) mass is 445 g/mol. The second kappa shape index (κ2) is 11.9. The van der Waals surface area contributed by atoms with Crippen LogP contribution in [0.15, 0.2) is 30.8 Å². The molecule has 1 aliphatic rings. The van der Waals surface area contributed by atoms with E-state index in [2.05, 4.69) is 39.3 Å². The van der Waals surface area contributed by atoms with E-state index in [0.717, 1.165) is 49.7 Å². The van der Waals surface area contributed by atoms with E-state index in [4.69, 9.17) is 14.3 Å². The van der Waals surface area contributed by atoms with Gasteiger partial charge in [-0.25, -0.2) is 4.79 Å². The van der Waals surface area contributed by atoms with Crippen molar-refractivity contribution >= 4 is 12.2 Å². The molecule has 0 radical (unpaired) electrons. The molecule has 1 fully saturated rings. The van der Waals surface area contributed by atoms with Gasteiger partial charge < -0.3 is 9.47 Å². The Morgan fingerprint density at radius 1 is 1.03 bits per heavy atom. The normalized spacial score (nSPS) is 18.8. The number of nitrogens with zero attached hydrogens (tertiary/aromatic N) is 1. The third-order valence-electron chi connectivity index (χ3n) is 7.24. The highest BCUT2D eigenvalue weighted by Gasteiger charge is 2.50. The van der Waals surface area contributed by atoms with Crippen LogP contribution in [0.3, 0.4) is 0 Å². The summed E-state index contributed by atoms with van der Waals surface area (Å²) in [4.78, 5) is 19.0. The third kappa shape index (κ3) is 5.93. The highest BCUT2D eigenvalue weighted by molar-refractivity contribution is 5.60. The molecular weight excluding hydrogens is 402 g/mol. The van der Waals surface area contributed by atoms with Crippen molar-refractivity contribution in [2.24, 2.45) is 0 Å². The predicted molar refractivity (Wildman–Crippen MR) is 130 cm³/mol. The Labute approximate surface area is 195 Å². The molecule has 180 valence electrons. The summed E-state index contributed by atoms with van der Waals surface area (Å²) in [6, 6.07) is 8.09. The molecule has 5 nitrogen and oxygen atoms in total. The lowest BCUT2D eigenvalue weighted by atomic mass is 9.73. The van der Waals surface area contributed by atoms with E-state index in [9.17, 15) is 4.79 Å². The second-order valence-corrected chi connectivity index (χ2v) is 9.20. The second-order valence-electron chi connectivity index (χ2n) is 9.20. The van der Waals surface area contributed by atoms with Crippen LogP contribution < -0.4 is 0 Å². The first-order valence-electron chi connectivity index (χ1n) is 12.3. The van der Waals surface area contributed by atoms with E-state index in [0.29, 0.717) is 0 Å². The van der Waals surface area contributed by atoms with Crippen molar-refractivity contribution in [2.45, 2.75) is 110 Å². The maximum absolute atomic E-state index is 12.1. The zero-order valence-electron chi connectivity index (χ0n) is 21.0. The molecule has 0 amide bonds. The SMILES string of the molecule is C=Cc1ccc(C(COC(=O)OC(C)C)ON2C(CC)(CC)CCCC2(CC)CC)cc1. The lowest BCUT2D eigenvalue weighted by Crippen LogP contribution is -2.63. The van der Waals surface area contributed by atoms with Crippen molar-refractivity contribution < 1.29 is 19.1 Å². The largest absolute Gasteiger partial charge is 0.508 e. The molecule has 1 unspecified atom stereocenters. The molecule has 0 N–H and O–H groups in total. The number of carbonyl (C=O) groups is 1. The molecular formula is C27H43NO4. The average molecular weight is 446 g/mol. The molecule has 0 saturated carbocycles. The minimum atomic E-state index is -0.663. The standard InChI is InChI=1S/C27H43NO4/c1-8-22-14-16-23(17-15-22)24(20-30-25(29)31-21(6)7)32-28-26(9-2,10-3)18-13-19-27(28,11-4)12-5/h8,14-17,21,24H,1,9-13,18-20H2,2-7H3. The van der Waals surface area contributed by atoms with Gasteiger partial charge in [0.15, 0.2) is 0 Å².